The Morgan fingerprint density at radius 2 is 1.94 bits per heavy atom. The molecule has 2 aromatic carbocycles. The van der Waals surface area contributed by atoms with Gasteiger partial charge in [0.25, 0.3) is 11.8 Å². The number of aryl methyl sites for hydroxylation is 1. The first-order valence-corrected chi connectivity index (χ1v) is 10.4. The van der Waals surface area contributed by atoms with Crippen LogP contribution in [0.5, 0.6) is 0 Å². The summed E-state index contributed by atoms with van der Waals surface area (Å²) < 4.78 is 19.5. The average molecular weight is 442 g/mol. The second-order valence-electron chi connectivity index (χ2n) is 7.44. The number of nitrogens with one attached hydrogen (secondary N) is 1. The van der Waals surface area contributed by atoms with Gasteiger partial charge in [0.2, 0.25) is 0 Å². The van der Waals surface area contributed by atoms with Crippen LogP contribution in [0.25, 0.3) is 11.3 Å². The fourth-order valence-electron chi connectivity index (χ4n) is 3.72. The van der Waals surface area contributed by atoms with Crippen molar-refractivity contribution >= 4 is 23.4 Å². The lowest BCUT2D eigenvalue weighted by molar-refractivity contribution is 0.0792. The number of carbonyl (C=O) groups is 2. The summed E-state index contributed by atoms with van der Waals surface area (Å²) in [5, 5.41) is 6.79. The number of rotatable bonds is 5. The molecule has 0 atom stereocenters. The molecule has 0 unspecified atom stereocenters. The molecule has 0 aliphatic carbocycles. The van der Waals surface area contributed by atoms with Crippen molar-refractivity contribution in [3.05, 3.63) is 75.8 Å². The Morgan fingerprint density at radius 1 is 1.19 bits per heavy atom. The molecule has 6 nitrogen and oxygen atoms in total. The third kappa shape index (κ3) is 4.32. The standard InChI is InChI=1S/C23H21ClFN3O3/c1-14-19(21(27-31-14)20-17(24)8-5-9-18(20)25)22(29)26-13-15-6-4-7-16(12-15)23(30)28-10-2-3-11-28/h4-9,12H,2-3,10-11,13H2,1H3,(H,26,29). The van der Waals surface area contributed by atoms with Gasteiger partial charge in [0.15, 0.2) is 0 Å². The monoisotopic (exact) mass is 441 g/mol. The topological polar surface area (TPSA) is 75.4 Å². The normalized spacial score (nSPS) is 13.5. The molecule has 0 bridgehead atoms. The summed E-state index contributed by atoms with van der Waals surface area (Å²) in [5.41, 5.74) is 1.56. The predicted molar refractivity (Wildman–Crippen MR) is 114 cm³/mol. The number of nitrogens with zero attached hydrogens (tertiary/aromatic N) is 2. The molecule has 1 fully saturated rings. The minimum atomic E-state index is -0.594. The second kappa shape index (κ2) is 8.89. The number of likely N-dealkylation sites (tertiary alicyclic amines) is 1. The van der Waals surface area contributed by atoms with Crippen molar-refractivity contribution < 1.29 is 18.5 Å². The Bertz CT molecular complexity index is 1120. The first-order chi connectivity index (χ1) is 15.0. The molecule has 0 saturated carbocycles. The number of carbonyl (C=O) groups excluding carboxylic acids is 2. The Kier molecular flexibility index (Phi) is 6.04. The molecule has 1 aliphatic heterocycles. The maximum Gasteiger partial charge on any atom is 0.257 e. The molecule has 160 valence electrons. The first kappa shape index (κ1) is 21.1. The van der Waals surface area contributed by atoms with Gasteiger partial charge in [0.05, 0.1) is 10.6 Å². The molecule has 1 N–H and O–H groups in total. The van der Waals surface area contributed by atoms with Crippen molar-refractivity contribution in [3.8, 4) is 11.3 Å². The number of benzene rings is 2. The van der Waals surface area contributed by atoms with Gasteiger partial charge in [-0.1, -0.05) is 35.0 Å². The van der Waals surface area contributed by atoms with E-state index in [0.29, 0.717) is 5.56 Å². The first-order valence-electron chi connectivity index (χ1n) is 10.0. The van der Waals surface area contributed by atoms with E-state index in [1.54, 1.807) is 25.1 Å². The summed E-state index contributed by atoms with van der Waals surface area (Å²) in [4.78, 5) is 27.3. The van der Waals surface area contributed by atoms with Crippen LogP contribution in [0.3, 0.4) is 0 Å². The van der Waals surface area contributed by atoms with Gasteiger partial charge in [-0.2, -0.15) is 0 Å². The fourth-order valence-corrected chi connectivity index (χ4v) is 3.97. The third-order valence-electron chi connectivity index (χ3n) is 5.31. The zero-order chi connectivity index (χ0) is 22.0. The van der Waals surface area contributed by atoms with Crippen LogP contribution in [-0.4, -0.2) is 35.0 Å². The van der Waals surface area contributed by atoms with Crippen molar-refractivity contribution in [1.29, 1.82) is 0 Å². The lowest BCUT2D eigenvalue weighted by Crippen LogP contribution is -2.28. The largest absolute Gasteiger partial charge is 0.360 e. The highest BCUT2D eigenvalue weighted by Crippen LogP contribution is 2.33. The molecule has 1 aliphatic rings. The lowest BCUT2D eigenvalue weighted by Gasteiger charge is -2.15. The summed E-state index contributed by atoms with van der Waals surface area (Å²) >= 11 is 6.13. The van der Waals surface area contributed by atoms with Crippen molar-refractivity contribution in [2.45, 2.75) is 26.3 Å². The molecule has 31 heavy (non-hydrogen) atoms. The van der Waals surface area contributed by atoms with Gasteiger partial charge in [-0.05, 0) is 49.6 Å². The maximum absolute atomic E-state index is 14.4. The SMILES string of the molecule is Cc1onc(-c2c(F)cccc2Cl)c1C(=O)NCc1cccc(C(=O)N2CCCC2)c1. The van der Waals surface area contributed by atoms with Crippen molar-refractivity contribution in [3.63, 3.8) is 0 Å². The molecular weight excluding hydrogens is 421 g/mol. The highest BCUT2D eigenvalue weighted by atomic mass is 35.5. The van der Waals surface area contributed by atoms with Gasteiger partial charge in [-0.25, -0.2) is 4.39 Å². The van der Waals surface area contributed by atoms with E-state index in [0.717, 1.165) is 31.5 Å². The average Bonchev–Trinajstić information content (AvgIpc) is 3.42. The quantitative estimate of drug-likeness (QED) is 0.627. The molecule has 8 heteroatoms. The minimum Gasteiger partial charge on any atom is -0.360 e. The van der Waals surface area contributed by atoms with E-state index in [1.165, 1.54) is 18.2 Å². The Labute approximate surface area is 184 Å². The molecule has 4 rings (SSSR count). The van der Waals surface area contributed by atoms with Crippen molar-refractivity contribution in [1.82, 2.24) is 15.4 Å². The summed E-state index contributed by atoms with van der Waals surface area (Å²) in [5.74, 6) is -0.811. The van der Waals surface area contributed by atoms with E-state index in [2.05, 4.69) is 10.5 Å². The number of halogens is 2. The van der Waals surface area contributed by atoms with E-state index < -0.39 is 11.7 Å². The van der Waals surface area contributed by atoms with Crippen LogP contribution in [0.1, 0.15) is 44.9 Å². The van der Waals surface area contributed by atoms with Crippen molar-refractivity contribution in [2.24, 2.45) is 0 Å². The van der Waals surface area contributed by atoms with Crippen molar-refractivity contribution in [2.75, 3.05) is 13.1 Å². The highest BCUT2D eigenvalue weighted by molar-refractivity contribution is 6.33. The second-order valence-corrected chi connectivity index (χ2v) is 7.85. The molecule has 0 spiro atoms. The molecule has 1 aromatic heterocycles. The Hall–Kier alpha value is -3.19. The van der Waals surface area contributed by atoms with Crippen LogP contribution in [0, 0.1) is 12.7 Å². The molecule has 2 heterocycles. The van der Waals surface area contributed by atoms with Gasteiger partial charge >= 0.3 is 0 Å². The Balaban J connectivity index is 1.52. The van der Waals surface area contributed by atoms with Crippen LogP contribution < -0.4 is 5.32 Å². The Morgan fingerprint density at radius 3 is 2.68 bits per heavy atom. The number of amides is 2. The number of hydrogen-bond acceptors (Lipinski definition) is 4. The van der Waals surface area contributed by atoms with E-state index in [9.17, 15) is 14.0 Å². The maximum atomic E-state index is 14.4. The summed E-state index contributed by atoms with van der Waals surface area (Å²) in [7, 11) is 0. The zero-order valence-corrected chi connectivity index (χ0v) is 17.7. The molecule has 1 saturated heterocycles. The van der Waals surface area contributed by atoms with Crippen LogP contribution in [0.4, 0.5) is 4.39 Å². The number of hydrogen-bond donors (Lipinski definition) is 1. The summed E-state index contributed by atoms with van der Waals surface area (Å²) in [6.07, 6.45) is 2.04. The van der Waals surface area contributed by atoms with Crippen LogP contribution in [0.15, 0.2) is 47.0 Å². The molecule has 3 aromatic rings. The minimum absolute atomic E-state index is 0.00274. The number of aromatic nitrogens is 1. The van der Waals surface area contributed by atoms with E-state index in [1.807, 2.05) is 11.0 Å². The van der Waals surface area contributed by atoms with Gasteiger partial charge in [0, 0.05) is 25.2 Å². The summed E-state index contributed by atoms with van der Waals surface area (Å²) in [6.45, 7) is 3.31. The highest BCUT2D eigenvalue weighted by Gasteiger charge is 2.25. The third-order valence-corrected chi connectivity index (χ3v) is 5.62. The molecular formula is C23H21ClFN3O3. The van der Waals surface area contributed by atoms with Gasteiger partial charge in [0.1, 0.15) is 22.8 Å². The van der Waals surface area contributed by atoms with Gasteiger partial charge in [-0.15, -0.1) is 0 Å². The fraction of sp³-hybridized carbons (Fsp3) is 0.261. The van der Waals surface area contributed by atoms with Gasteiger partial charge < -0.3 is 14.7 Å². The van der Waals surface area contributed by atoms with Crippen LogP contribution >= 0.6 is 11.6 Å². The van der Waals surface area contributed by atoms with E-state index >= 15 is 0 Å². The van der Waals surface area contributed by atoms with E-state index in [4.69, 9.17) is 16.1 Å². The zero-order valence-electron chi connectivity index (χ0n) is 17.0. The lowest BCUT2D eigenvalue weighted by atomic mass is 10.0. The van der Waals surface area contributed by atoms with Crippen LogP contribution in [-0.2, 0) is 6.54 Å². The van der Waals surface area contributed by atoms with Gasteiger partial charge in [-0.3, -0.25) is 9.59 Å². The molecule has 2 amide bonds. The smallest absolute Gasteiger partial charge is 0.257 e. The van der Waals surface area contributed by atoms with Crippen LogP contribution in [0.2, 0.25) is 5.02 Å². The predicted octanol–water partition coefficient (Wildman–Crippen LogP) is 4.61. The van der Waals surface area contributed by atoms with E-state index in [-0.39, 0.29) is 40.1 Å². The summed E-state index contributed by atoms with van der Waals surface area (Å²) in [6, 6.07) is 11.4. The molecule has 0 radical (unpaired) electrons.